The maximum atomic E-state index is 3.45. The average molecular weight is 175 g/mol. The van der Waals surface area contributed by atoms with Crippen molar-refractivity contribution in [1.82, 2.24) is 5.32 Å². The van der Waals surface area contributed by atoms with Crippen molar-refractivity contribution in [2.24, 2.45) is 0 Å². The van der Waals surface area contributed by atoms with Gasteiger partial charge >= 0.3 is 0 Å². The third-order valence-corrected chi connectivity index (χ3v) is 2.72. The predicted octanol–water partition coefficient (Wildman–Crippen LogP) is 2.92. The molecule has 2 rings (SSSR count). The fourth-order valence-corrected chi connectivity index (χ4v) is 2.12. The Balaban J connectivity index is 2.23. The van der Waals surface area contributed by atoms with E-state index >= 15 is 0 Å². The summed E-state index contributed by atoms with van der Waals surface area (Å²) in [5.41, 5.74) is 4.52. The van der Waals surface area contributed by atoms with Crippen LogP contribution in [0.2, 0.25) is 0 Å². The second kappa shape index (κ2) is 3.82. The van der Waals surface area contributed by atoms with E-state index in [0.717, 1.165) is 6.54 Å². The van der Waals surface area contributed by atoms with Gasteiger partial charge in [-0.05, 0) is 43.8 Å². The Labute approximate surface area is 80.2 Å². The molecule has 0 spiro atoms. The summed E-state index contributed by atoms with van der Waals surface area (Å²) in [6, 6.07) is 0. The molecule has 1 N–H and O–H groups in total. The first kappa shape index (κ1) is 8.61. The fourth-order valence-electron chi connectivity index (χ4n) is 2.12. The van der Waals surface area contributed by atoms with E-state index in [2.05, 4.69) is 30.5 Å². The Morgan fingerprint density at radius 1 is 1.31 bits per heavy atom. The van der Waals surface area contributed by atoms with Gasteiger partial charge in [-0.15, -0.1) is 0 Å². The van der Waals surface area contributed by atoms with Gasteiger partial charge in [-0.3, -0.25) is 0 Å². The molecule has 0 atom stereocenters. The zero-order valence-electron chi connectivity index (χ0n) is 8.27. The van der Waals surface area contributed by atoms with E-state index in [1.165, 1.54) is 31.4 Å². The largest absolute Gasteiger partial charge is 0.385 e. The van der Waals surface area contributed by atoms with E-state index in [1.54, 1.807) is 11.1 Å². The van der Waals surface area contributed by atoms with Gasteiger partial charge in [0.25, 0.3) is 0 Å². The highest BCUT2D eigenvalue weighted by Gasteiger charge is 2.15. The van der Waals surface area contributed by atoms with Gasteiger partial charge in [-0.1, -0.05) is 18.2 Å². The molecule has 70 valence electrons. The van der Waals surface area contributed by atoms with Crippen LogP contribution < -0.4 is 5.32 Å². The van der Waals surface area contributed by atoms with Crippen molar-refractivity contribution in [3.05, 3.63) is 35.1 Å². The van der Waals surface area contributed by atoms with Gasteiger partial charge in [-0.2, -0.15) is 0 Å². The summed E-state index contributed by atoms with van der Waals surface area (Å²) in [6.45, 7) is 3.20. The molecule has 0 aromatic rings. The van der Waals surface area contributed by atoms with Crippen LogP contribution in [0.3, 0.4) is 0 Å². The van der Waals surface area contributed by atoms with Crippen LogP contribution in [-0.4, -0.2) is 6.54 Å². The lowest BCUT2D eigenvalue weighted by molar-refractivity contribution is 0.775. The van der Waals surface area contributed by atoms with E-state index in [4.69, 9.17) is 0 Å². The molecule has 2 aliphatic carbocycles. The molecular weight excluding hydrogens is 158 g/mol. The minimum absolute atomic E-state index is 1.03. The second-order valence-corrected chi connectivity index (χ2v) is 3.63. The van der Waals surface area contributed by atoms with Gasteiger partial charge < -0.3 is 5.32 Å². The molecule has 0 amide bonds. The van der Waals surface area contributed by atoms with Crippen LogP contribution in [0.4, 0.5) is 0 Å². The number of hydrogen-bond acceptors (Lipinski definition) is 1. The fraction of sp³-hybridized carbons (Fsp3) is 0.500. The van der Waals surface area contributed by atoms with E-state index in [0.29, 0.717) is 0 Å². The summed E-state index contributed by atoms with van der Waals surface area (Å²) in [5.74, 6) is 0. The molecule has 2 aliphatic rings. The van der Waals surface area contributed by atoms with Gasteiger partial charge in [0.15, 0.2) is 0 Å². The Hall–Kier alpha value is -0.980. The second-order valence-electron chi connectivity index (χ2n) is 3.63. The van der Waals surface area contributed by atoms with Crippen molar-refractivity contribution in [1.29, 1.82) is 0 Å². The third-order valence-electron chi connectivity index (χ3n) is 2.72. The van der Waals surface area contributed by atoms with Gasteiger partial charge in [0, 0.05) is 12.2 Å². The monoisotopic (exact) mass is 175 g/mol. The molecule has 0 unspecified atom stereocenters. The summed E-state index contributed by atoms with van der Waals surface area (Å²) in [4.78, 5) is 0. The molecule has 0 saturated carbocycles. The maximum Gasteiger partial charge on any atom is 0.0335 e. The molecule has 0 aromatic carbocycles. The lowest BCUT2D eigenvalue weighted by Gasteiger charge is -2.23. The quantitative estimate of drug-likeness (QED) is 0.680. The summed E-state index contributed by atoms with van der Waals surface area (Å²) >= 11 is 0. The summed E-state index contributed by atoms with van der Waals surface area (Å²) < 4.78 is 0. The smallest absolute Gasteiger partial charge is 0.0335 e. The summed E-state index contributed by atoms with van der Waals surface area (Å²) in [5, 5.41) is 3.45. The normalized spacial score (nSPS) is 21.2. The van der Waals surface area contributed by atoms with Crippen molar-refractivity contribution in [3.63, 3.8) is 0 Å². The lowest BCUT2D eigenvalue weighted by atomic mass is 9.88. The number of allylic oxidation sites excluding steroid dienone is 5. The van der Waals surface area contributed by atoms with Crippen LogP contribution >= 0.6 is 0 Å². The van der Waals surface area contributed by atoms with Gasteiger partial charge in [0.05, 0.1) is 0 Å². The van der Waals surface area contributed by atoms with E-state index in [9.17, 15) is 0 Å². The lowest BCUT2D eigenvalue weighted by Crippen LogP contribution is -2.18. The molecule has 1 nitrogen and oxygen atoms in total. The number of rotatable bonds is 2. The molecule has 0 aromatic heterocycles. The first-order valence-corrected chi connectivity index (χ1v) is 5.24. The van der Waals surface area contributed by atoms with Crippen molar-refractivity contribution >= 4 is 0 Å². The summed E-state index contributed by atoms with van der Waals surface area (Å²) in [7, 11) is 0. The zero-order valence-corrected chi connectivity index (χ0v) is 8.27. The average Bonchev–Trinajstić information content (AvgIpc) is 2.19. The van der Waals surface area contributed by atoms with Gasteiger partial charge in [0.1, 0.15) is 0 Å². The minimum atomic E-state index is 1.03. The highest BCUT2D eigenvalue weighted by molar-refractivity contribution is 5.44. The Morgan fingerprint density at radius 2 is 2.23 bits per heavy atom. The molecule has 0 saturated heterocycles. The van der Waals surface area contributed by atoms with Crippen molar-refractivity contribution in [2.75, 3.05) is 6.54 Å². The Morgan fingerprint density at radius 3 is 3.08 bits per heavy atom. The van der Waals surface area contributed by atoms with Crippen molar-refractivity contribution in [2.45, 2.75) is 32.6 Å². The van der Waals surface area contributed by atoms with Gasteiger partial charge in [-0.25, -0.2) is 0 Å². The van der Waals surface area contributed by atoms with Crippen LogP contribution in [0.1, 0.15) is 32.6 Å². The van der Waals surface area contributed by atoms with Crippen LogP contribution in [-0.2, 0) is 0 Å². The Bertz CT molecular complexity index is 281. The highest BCUT2D eigenvalue weighted by Crippen LogP contribution is 2.31. The van der Waals surface area contributed by atoms with Crippen LogP contribution in [0.5, 0.6) is 0 Å². The highest BCUT2D eigenvalue weighted by atomic mass is 14.9. The molecule has 0 radical (unpaired) electrons. The van der Waals surface area contributed by atoms with Crippen molar-refractivity contribution in [3.8, 4) is 0 Å². The summed E-state index contributed by atoms with van der Waals surface area (Å²) in [6.07, 6.45) is 11.8. The molecule has 13 heavy (non-hydrogen) atoms. The topological polar surface area (TPSA) is 12.0 Å². The van der Waals surface area contributed by atoms with Crippen LogP contribution in [0.25, 0.3) is 0 Å². The maximum absolute atomic E-state index is 3.45. The van der Waals surface area contributed by atoms with Crippen LogP contribution in [0, 0.1) is 0 Å². The standard InChI is InChI=1S/C12H17N/c1-2-13-12-9-5-7-10-6-3-4-8-11(10)12/h3,6,9,13H,2,4-5,7-8H2,1H3. The number of hydrogen-bond donors (Lipinski definition) is 1. The molecule has 0 heterocycles. The van der Waals surface area contributed by atoms with E-state index in [1.807, 2.05) is 0 Å². The van der Waals surface area contributed by atoms with E-state index in [-0.39, 0.29) is 0 Å². The zero-order chi connectivity index (χ0) is 9.10. The first-order chi connectivity index (χ1) is 6.42. The van der Waals surface area contributed by atoms with Crippen LogP contribution in [0.15, 0.2) is 35.1 Å². The van der Waals surface area contributed by atoms with Gasteiger partial charge in [0.2, 0.25) is 0 Å². The van der Waals surface area contributed by atoms with E-state index < -0.39 is 0 Å². The Kier molecular flexibility index (Phi) is 2.53. The number of nitrogens with one attached hydrogen (secondary N) is 1. The molecule has 0 fully saturated rings. The predicted molar refractivity (Wildman–Crippen MR) is 56.4 cm³/mol. The minimum Gasteiger partial charge on any atom is -0.385 e. The SMILES string of the molecule is CCNC1=CCCC2=C1CCC=C2. The molecule has 1 heteroatoms. The van der Waals surface area contributed by atoms with Crippen molar-refractivity contribution < 1.29 is 0 Å². The third kappa shape index (κ3) is 1.69. The first-order valence-electron chi connectivity index (χ1n) is 5.24. The molecular formula is C12H17N. The molecule has 0 bridgehead atoms. The number of likely N-dealkylation sites (N-methyl/N-ethyl adjacent to an activating group) is 1. The molecule has 0 aliphatic heterocycles.